The highest BCUT2D eigenvalue weighted by atomic mass is 16.6. The van der Waals surface area contributed by atoms with E-state index in [2.05, 4.69) is 11.8 Å². The molecule has 0 radical (unpaired) electrons. The van der Waals surface area contributed by atoms with Crippen molar-refractivity contribution in [2.24, 2.45) is 34.5 Å². The molecule has 14 atom stereocenters. The fourth-order valence-corrected chi connectivity index (χ4v) is 12.6. The molecule has 49 heavy (non-hydrogen) atoms. The van der Waals surface area contributed by atoms with Crippen LogP contribution in [0.3, 0.4) is 0 Å². The molecule has 1 aromatic rings. The van der Waals surface area contributed by atoms with Crippen LogP contribution in [0, 0.1) is 34.5 Å². The minimum absolute atomic E-state index is 0.185. The third-order valence-corrected chi connectivity index (χ3v) is 13.7. The number of rotatable bonds is 11. The molecule has 1 unspecified atom stereocenters. The number of benzene rings is 1. The van der Waals surface area contributed by atoms with Gasteiger partial charge in [-0.15, -0.1) is 0 Å². The lowest BCUT2D eigenvalue weighted by molar-refractivity contribution is -0.300. The molecule has 272 valence electrons. The van der Waals surface area contributed by atoms with E-state index in [0.717, 1.165) is 0 Å². The Labute approximate surface area is 287 Å². The van der Waals surface area contributed by atoms with Crippen molar-refractivity contribution in [3.63, 3.8) is 0 Å². The van der Waals surface area contributed by atoms with Crippen LogP contribution in [0.2, 0.25) is 0 Å². The number of nitrogens with zero attached hydrogens (tertiary/aromatic N) is 1. The summed E-state index contributed by atoms with van der Waals surface area (Å²) in [5.41, 5.74) is -4.09. The summed E-state index contributed by atoms with van der Waals surface area (Å²) in [7, 11) is 9.53. The number of aliphatic hydroxyl groups is 2. The SMILES string of the molecule is CCN1C[C@]2(COC)[C@H](O)C[C@H](OC)[C@]34C1[C@H]([C@H](OC)[C@H]23)[C@@]1(OC(C)=O)C[C@H](OC)[C@@]2(O)C[C@@H]4[C@@H]1[C@H]2OC(=O)c1ccc(OC)c(OC)c1. The molecule has 0 aromatic heterocycles. The highest BCUT2D eigenvalue weighted by Gasteiger charge is 2.90. The third-order valence-electron chi connectivity index (χ3n) is 13.7. The number of aliphatic hydroxyl groups excluding tert-OH is 1. The molecule has 5 aliphatic carbocycles. The number of hydrogen-bond acceptors (Lipinski definition) is 13. The number of carbonyl (C=O) groups excluding carboxylic acids is 2. The maximum absolute atomic E-state index is 14.1. The van der Waals surface area contributed by atoms with Gasteiger partial charge in [0, 0.05) is 89.4 Å². The van der Waals surface area contributed by atoms with E-state index in [1.54, 1.807) is 39.5 Å². The summed E-state index contributed by atoms with van der Waals surface area (Å²) in [5.74, 6) is -2.07. The average Bonchev–Trinajstić information content (AvgIpc) is 3.46. The molecule has 2 N–H and O–H groups in total. The largest absolute Gasteiger partial charge is 0.493 e. The number of carbonyl (C=O) groups is 2. The summed E-state index contributed by atoms with van der Waals surface area (Å²) in [6.45, 7) is 4.99. The van der Waals surface area contributed by atoms with E-state index in [9.17, 15) is 19.8 Å². The second-order valence-corrected chi connectivity index (χ2v) is 15.1. The first kappa shape index (κ1) is 34.9. The Hall–Kier alpha value is -2.52. The molecule has 5 saturated carbocycles. The lowest BCUT2D eigenvalue weighted by Crippen LogP contribution is -2.79. The minimum atomic E-state index is -1.62. The van der Waals surface area contributed by atoms with Crippen molar-refractivity contribution in [1.82, 2.24) is 4.90 Å². The maximum atomic E-state index is 14.1. The molecule has 7 bridgehead atoms. The average molecular weight is 690 g/mol. The number of esters is 2. The van der Waals surface area contributed by atoms with Crippen molar-refractivity contribution < 1.29 is 57.7 Å². The summed E-state index contributed by atoms with van der Waals surface area (Å²) in [6.07, 6.45) is -2.89. The Balaban J connectivity index is 1.46. The third kappa shape index (κ3) is 4.24. The molecule has 1 aromatic carbocycles. The molecule has 1 heterocycles. The number of piperidine rings is 1. The van der Waals surface area contributed by atoms with Crippen molar-refractivity contribution in [2.45, 2.75) is 80.9 Å². The lowest BCUT2D eigenvalue weighted by Gasteiger charge is -2.70. The van der Waals surface area contributed by atoms with E-state index in [4.69, 9.17) is 37.9 Å². The normalized spacial score (nSPS) is 45.9. The van der Waals surface area contributed by atoms with E-state index in [1.807, 2.05) is 0 Å². The van der Waals surface area contributed by atoms with Gasteiger partial charge in [0.1, 0.15) is 17.3 Å². The van der Waals surface area contributed by atoms with E-state index < -0.39 is 76.3 Å². The molecule has 1 spiro atoms. The lowest BCUT2D eigenvalue weighted by atomic mass is 9.42. The van der Waals surface area contributed by atoms with Crippen molar-refractivity contribution in [2.75, 3.05) is 62.4 Å². The Bertz CT molecular complexity index is 1480. The molecular weight excluding hydrogens is 638 g/mol. The Morgan fingerprint density at radius 2 is 1.67 bits per heavy atom. The monoisotopic (exact) mass is 689 g/mol. The predicted octanol–water partition coefficient (Wildman–Crippen LogP) is 1.69. The summed E-state index contributed by atoms with van der Waals surface area (Å²) >= 11 is 0. The van der Waals surface area contributed by atoms with E-state index in [0.29, 0.717) is 31.0 Å². The van der Waals surface area contributed by atoms with Gasteiger partial charge in [-0.3, -0.25) is 9.69 Å². The quantitative estimate of drug-likeness (QED) is 0.325. The molecule has 13 heteroatoms. The van der Waals surface area contributed by atoms with Gasteiger partial charge < -0.3 is 48.1 Å². The van der Waals surface area contributed by atoms with Crippen molar-refractivity contribution >= 4 is 11.9 Å². The molecule has 13 nitrogen and oxygen atoms in total. The van der Waals surface area contributed by atoms with Gasteiger partial charge in [-0.25, -0.2) is 4.79 Å². The number of likely N-dealkylation sites (tertiary alicyclic amines) is 1. The van der Waals surface area contributed by atoms with Crippen molar-refractivity contribution in [3.05, 3.63) is 23.8 Å². The molecule has 6 fully saturated rings. The van der Waals surface area contributed by atoms with Crippen LogP contribution in [0.1, 0.15) is 43.5 Å². The van der Waals surface area contributed by atoms with Crippen LogP contribution in [0.5, 0.6) is 11.5 Å². The first-order chi connectivity index (χ1) is 23.4. The van der Waals surface area contributed by atoms with Gasteiger partial charge >= 0.3 is 11.9 Å². The summed E-state index contributed by atoms with van der Waals surface area (Å²) < 4.78 is 48.9. The van der Waals surface area contributed by atoms with E-state index in [-0.39, 0.29) is 42.9 Å². The van der Waals surface area contributed by atoms with Crippen LogP contribution in [0.25, 0.3) is 0 Å². The molecule has 6 aliphatic rings. The second-order valence-electron chi connectivity index (χ2n) is 15.1. The number of hydrogen-bond donors (Lipinski definition) is 2. The van der Waals surface area contributed by atoms with Gasteiger partial charge in [-0.2, -0.15) is 0 Å². The topological polar surface area (TPSA) is 152 Å². The second kappa shape index (κ2) is 12.0. The van der Waals surface area contributed by atoms with Gasteiger partial charge in [0.2, 0.25) is 0 Å². The minimum Gasteiger partial charge on any atom is -0.493 e. The summed E-state index contributed by atoms with van der Waals surface area (Å²) in [4.78, 5) is 29.8. The number of fused-ring (bicyclic) bond motifs is 2. The Morgan fingerprint density at radius 3 is 2.27 bits per heavy atom. The summed E-state index contributed by atoms with van der Waals surface area (Å²) in [5, 5.41) is 24.9. The first-order valence-electron chi connectivity index (χ1n) is 17.3. The van der Waals surface area contributed by atoms with Gasteiger partial charge in [0.15, 0.2) is 11.5 Å². The standard InChI is InChI=1S/C36H51NO12/c1-9-37-16-33(17-42-3)23(39)13-24(45-6)36-20-14-34(41)25(46-7)15-35(49-18(2)38,27(30(36)37)28(47-8)29(33)36)26(20)31(34)48-32(40)19-10-11-21(43-4)22(12-19)44-5/h10-12,20,23-31,39,41H,9,13-17H2,1-8H3/t20-,23-,24+,25+,26-,27+,28+,29-,30?,31-,33+,34+,35-,36+/m1/s1. The van der Waals surface area contributed by atoms with E-state index in [1.165, 1.54) is 28.3 Å². The van der Waals surface area contributed by atoms with Gasteiger partial charge in [0.25, 0.3) is 0 Å². The highest BCUT2D eigenvalue weighted by Crippen LogP contribution is 2.80. The molecular formula is C36H51NO12. The number of methoxy groups -OCH3 is 6. The number of ether oxygens (including phenoxy) is 8. The zero-order valence-electron chi connectivity index (χ0n) is 29.7. The molecule has 1 aliphatic heterocycles. The van der Waals surface area contributed by atoms with Crippen LogP contribution in [0.15, 0.2) is 18.2 Å². The van der Waals surface area contributed by atoms with Crippen LogP contribution in [-0.2, 0) is 33.2 Å². The van der Waals surface area contributed by atoms with Crippen molar-refractivity contribution in [3.8, 4) is 11.5 Å². The molecule has 7 rings (SSSR count). The van der Waals surface area contributed by atoms with Crippen LogP contribution in [0.4, 0.5) is 0 Å². The van der Waals surface area contributed by atoms with Gasteiger partial charge in [-0.1, -0.05) is 6.92 Å². The van der Waals surface area contributed by atoms with Gasteiger partial charge in [-0.05, 0) is 37.1 Å². The maximum Gasteiger partial charge on any atom is 0.338 e. The highest BCUT2D eigenvalue weighted by molar-refractivity contribution is 5.90. The van der Waals surface area contributed by atoms with E-state index >= 15 is 0 Å². The molecule has 1 saturated heterocycles. The molecule has 0 amide bonds. The van der Waals surface area contributed by atoms with Crippen molar-refractivity contribution in [1.29, 1.82) is 0 Å². The van der Waals surface area contributed by atoms with Crippen LogP contribution >= 0.6 is 0 Å². The fraction of sp³-hybridized carbons (Fsp3) is 0.778. The zero-order valence-corrected chi connectivity index (χ0v) is 29.7. The predicted molar refractivity (Wildman–Crippen MR) is 172 cm³/mol. The Morgan fingerprint density at radius 1 is 0.959 bits per heavy atom. The fourth-order valence-electron chi connectivity index (χ4n) is 12.6. The summed E-state index contributed by atoms with van der Waals surface area (Å²) in [6, 6.07) is 4.56. The van der Waals surface area contributed by atoms with Gasteiger partial charge in [0.05, 0.1) is 50.8 Å². The van der Waals surface area contributed by atoms with Crippen LogP contribution < -0.4 is 9.47 Å². The first-order valence-corrected chi connectivity index (χ1v) is 17.3. The zero-order chi connectivity index (χ0) is 35.3. The smallest absolute Gasteiger partial charge is 0.338 e. The van der Waals surface area contributed by atoms with Crippen LogP contribution in [-0.4, -0.2) is 137 Å². The Kier molecular flexibility index (Phi) is 8.57.